The predicted molar refractivity (Wildman–Crippen MR) is 93.5 cm³/mol. The van der Waals surface area contributed by atoms with E-state index in [1.54, 1.807) is 11.0 Å². The van der Waals surface area contributed by atoms with Gasteiger partial charge in [0.2, 0.25) is 0 Å². The zero-order chi connectivity index (χ0) is 17.1. The third-order valence-electron chi connectivity index (χ3n) is 3.77. The van der Waals surface area contributed by atoms with E-state index >= 15 is 0 Å². The van der Waals surface area contributed by atoms with E-state index in [2.05, 4.69) is 20.4 Å². The van der Waals surface area contributed by atoms with Gasteiger partial charge in [-0.1, -0.05) is 19.1 Å². The molecule has 0 bridgehead atoms. The molecule has 6 nitrogen and oxygen atoms in total. The summed E-state index contributed by atoms with van der Waals surface area (Å²) in [5.74, 6) is -0.0717. The predicted octanol–water partition coefficient (Wildman–Crippen LogP) is 3.09. The standard InChI is InChI=1S/C17H19N5OS/c1-4-15-20-12(3)16(24-15)17(23)21-11(2)13-5-7-14(8-6-13)22-10-18-9-19-22/h5-11H,4H2,1-3H3,(H,21,23)/t11-/m0/s1. The highest BCUT2D eigenvalue weighted by atomic mass is 32.1. The number of hydrogen-bond acceptors (Lipinski definition) is 5. The van der Waals surface area contributed by atoms with Crippen LogP contribution in [0.4, 0.5) is 0 Å². The number of carbonyl (C=O) groups is 1. The summed E-state index contributed by atoms with van der Waals surface area (Å²) in [5.41, 5.74) is 2.76. The molecule has 0 radical (unpaired) electrons. The van der Waals surface area contributed by atoms with E-state index in [0.29, 0.717) is 4.88 Å². The average molecular weight is 341 g/mol. The maximum atomic E-state index is 12.5. The lowest BCUT2D eigenvalue weighted by atomic mass is 10.1. The van der Waals surface area contributed by atoms with Crippen LogP contribution in [0.25, 0.3) is 5.69 Å². The smallest absolute Gasteiger partial charge is 0.263 e. The molecule has 0 spiro atoms. The third kappa shape index (κ3) is 3.35. The summed E-state index contributed by atoms with van der Waals surface area (Å²) < 4.78 is 1.69. The molecule has 1 N–H and O–H groups in total. The first-order chi connectivity index (χ1) is 11.6. The van der Waals surface area contributed by atoms with Crippen molar-refractivity contribution in [1.29, 1.82) is 0 Å². The Kier molecular flexibility index (Phi) is 4.71. The maximum Gasteiger partial charge on any atom is 0.263 e. The molecular weight excluding hydrogens is 322 g/mol. The molecule has 0 aliphatic rings. The van der Waals surface area contributed by atoms with Gasteiger partial charge in [-0.05, 0) is 38.0 Å². The Morgan fingerprint density at radius 1 is 1.33 bits per heavy atom. The van der Waals surface area contributed by atoms with E-state index in [-0.39, 0.29) is 11.9 Å². The van der Waals surface area contributed by atoms with Crippen LogP contribution in [-0.4, -0.2) is 25.7 Å². The lowest BCUT2D eigenvalue weighted by molar-refractivity contribution is 0.0943. The lowest BCUT2D eigenvalue weighted by Gasteiger charge is -2.14. The van der Waals surface area contributed by atoms with Crippen LogP contribution in [0.5, 0.6) is 0 Å². The summed E-state index contributed by atoms with van der Waals surface area (Å²) in [5, 5.41) is 8.13. The van der Waals surface area contributed by atoms with Crippen molar-refractivity contribution in [2.75, 3.05) is 0 Å². The molecule has 2 heterocycles. The van der Waals surface area contributed by atoms with Gasteiger partial charge in [0.1, 0.15) is 17.5 Å². The highest BCUT2D eigenvalue weighted by Crippen LogP contribution is 2.21. The molecule has 1 atom stereocenters. The van der Waals surface area contributed by atoms with E-state index in [1.807, 2.05) is 45.0 Å². The van der Waals surface area contributed by atoms with Crippen LogP contribution >= 0.6 is 11.3 Å². The molecule has 24 heavy (non-hydrogen) atoms. The Balaban J connectivity index is 1.71. The normalized spacial score (nSPS) is 12.1. The molecule has 0 saturated carbocycles. The van der Waals surface area contributed by atoms with Gasteiger partial charge < -0.3 is 5.32 Å². The number of aryl methyl sites for hydroxylation is 2. The Labute approximate surface area is 144 Å². The van der Waals surface area contributed by atoms with Crippen molar-refractivity contribution in [3.8, 4) is 5.69 Å². The van der Waals surface area contributed by atoms with Crippen molar-refractivity contribution in [2.45, 2.75) is 33.2 Å². The molecular formula is C17H19N5OS. The second kappa shape index (κ2) is 6.92. The number of benzene rings is 1. The molecule has 0 aliphatic heterocycles. The fraction of sp³-hybridized carbons (Fsp3) is 0.294. The summed E-state index contributed by atoms with van der Waals surface area (Å²) in [6.45, 7) is 5.89. The van der Waals surface area contributed by atoms with Gasteiger partial charge in [0.15, 0.2) is 0 Å². The van der Waals surface area contributed by atoms with Crippen LogP contribution in [0.15, 0.2) is 36.9 Å². The Hall–Kier alpha value is -2.54. The molecule has 124 valence electrons. The maximum absolute atomic E-state index is 12.5. The van der Waals surface area contributed by atoms with Gasteiger partial charge in [0, 0.05) is 0 Å². The van der Waals surface area contributed by atoms with Gasteiger partial charge in [-0.2, -0.15) is 5.10 Å². The summed E-state index contributed by atoms with van der Waals surface area (Å²) in [6, 6.07) is 7.80. The third-order valence-corrected chi connectivity index (χ3v) is 5.07. The Morgan fingerprint density at radius 2 is 2.08 bits per heavy atom. The number of aromatic nitrogens is 4. The summed E-state index contributed by atoms with van der Waals surface area (Å²) in [7, 11) is 0. The van der Waals surface area contributed by atoms with E-state index in [9.17, 15) is 4.79 Å². The first kappa shape index (κ1) is 16.3. The van der Waals surface area contributed by atoms with Gasteiger partial charge in [0.25, 0.3) is 5.91 Å². The monoisotopic (exact) mass is 341 g/mol. The summed E-state index contributed by atoms with van der Waals surface area (Å²) in [6.07, 6.45) is 3.99. The first-order valence-corrected chi connectivity index (χ1v) is 8.62. The molecule has 0 fully saturated rings. The molecule has 0 saturated heterocycles. The van der Waals surface area contributed by atoms with Gasteiger partial charge >= 0.3 is 0 Å². The van der Waals surface area contributed by atoms with E-state index in [1.165, 1.54) is 17.7 Å². The van der Waals surface area contributed by atoms with Gasteiger partial charge in [-0.3, -0.25) is 4.79 Å². The minimum Gasteiger partial charge on any atom is -0.345 e. The summed E-state index contributed by atoms with van der Waals surface area (Å²) in [4.78, 5) is 21.5. The van der Waals surface area contributed by atoms with Gasteiger partial charge in [-0.15, -0.1) is 11.3 Å². The first-order valence-electron chi connectivity index (χ1n) is 7.80. The number of thiazole rings is 1. The molecule has 0 aliphatic carbocycles. The lowest BCUT2D eigenvalue weighted by Crippen LogP contribution is -2.26. The van der Waals surface area contributed by atoms with Crippen LogP contribution in [0.1, 0.15) is 45.8 Å². The van der Waals surface area contributed by atoms with Gasteiger partial charge in [-0.25, -0.2) is 14.6 Å². The zero-order valence-electron chi connectivity index (χ0n) is 13.9. The number of hydrogen-bond donors (Lipinski definition) is 1. The molecule has 1 aromatic carbocycles. The fourth-order valence-electron chi connectivity index (χ4n) is 2.42. The van der Waals surface area contributed by atoms with E-state index < -0.39 is 0 Å². The topological polar surface area (TPSA) is 72.7 Å². The van der Waals surface area contributed by atoms with E-state index in [4.69, 9.17) is 0 Å². The van der Waals surface area contributed by atoms with Crippen molar-refractivity contribution in [2.24, 2.45) is 0 Å². The Bertz CT molecular complexity index is 823. The summed E-state index contributed by atoms with van der Waals surface area (Å²) >= 11 is 1.46. The van der Waals surface area contributed by atoms with Gasteiger partial charge in [0.05, 0.1) is 22.4 Å². The molecule has 1 amide bonds. The van der Waals surface area contributed by atoms with Crippen molar-refractivity contribution < 1.29 is 4.79 Å². The van der Waals surface area contributed by atoms with Crippen molar-refractivity contribution in [3.05, 3.63) is 58.1 Å². The zero-order valence-corrected chi connectivity index (χ0v) is 14.7. The van der Waals surface area contributed by atoms with Crippen molar-refractivity contribution >= 4 is 17.2 Å². The minimum absolute atomic E-state index is 0.0717. The molecule has 3 aromatic rings. The number of carbonyl (C=O) groups excluding carboxylic acids is 1. The van der Waals surface area contributed by atoms with Crippen LogP contribution in [-0.2, 0) is 6.42 Å². The molecule has 7 heteroatoms. The molecule has 0 unspecified atom stereocenters. The minimum atomic E-state index is -0.0890. The highest BCUT2D eigenvalue weighted by Gasteiger charge is 2.17. The average Bonchev–Trinajstić information content (AvgIpc) is 3.24. The quantitative estimate of drug-likeness (QED) is 0.774. The van der Waals surface area contributed by atoms with Crippen LogP contribution < -0.4 is 5.32 Å². The second-order valence-electron chi connectivity index (χ2n) is 5.50. The molecule has 3 rings (SSSR count). The number of rotatable bonds is 5. The number of nitrogens with zero attached hydrogens (tertiary/aromatic N) is 4. The van der Waals surface area contributed by atoms with E-state index in [0.717, 1.165) is 28.4 Å². The number of amides is 1. The van der Waals surface area contributed by atoms with Crippen molar-refractivity contribution in [1.82, 2.24) is 25.1 Å². The Morgan fingerprint density at radius 3 is 2.67 bits per heavy atom. The van der Waals surface area contributed by atoms with Crippen LogP contribution in [0.2, 0.25) is 0 Å². The largest absolute Gasteiger partial charge is 0.345 e. The van der Waals surface area contributed by atoms with Crippen molar-refractivity contribution in [3.63, 3.8) is 0 Å². The van der Waals surface area contributed by atoms with Crippen LogP contribution in [0.3, 0.4) is 0 Å². The number of nitrogens with one attached hydrogen (secondary N) is 1. The SMILES string of the molecule is CCc1nc(C)c(C(=O)N[C@@H](C)c2ccc(-n3cncn3)cc2)s1. The fourth-order valence-corrected chi connectivity index (χ4v) is 3.32. The highest BCUT2D eigenvalue weighted by molar-refractivity contribution is 7.13. The second-order valence-corrected chi connectivity index (χ2v) is 6.59. The molecule has 2 aromatic heterocycles. The van der Waals surface area contributed by atoms with Crippen LogP contribution in [0, 0.1) is 6.92 Å².